The van der Waals surface area contributed by atoms with E-state index in [0.29, 0.717) is 17.6 Å². The molecule has 0 radical (unpaired) electrons. The third-order valence-corrected chi connectivity index (χ3v) is 3.04. The summed E-state index contributed by atoms with van der Waals surface area (Å²) in [5, 5.41) is 7.17. The second kappa shape index (κ2) is 6.00. The summed E-state index contributed by atoms with van der Waals surface area (Å²) in [6.45, 7) is 0. The monoisotopic (exact) mass is 246 g/mol. The fraction of sp³-hybridized carbons (Fsp3) is 0.417. The summed E-state index contributed by atoms with van der Waals surface area (Å²) in [6, 6.07) is 1.96. The van der Waals surface area contributed by atoms with Crippen molar-refractivity contribution in [2.45, 2.75) is 31.6 Å². The van der Waals surface area contributed by atoms with Crippen molar-refractivity contribution in [2.24, 2.45) is 21.5 Å². The molecule has 0 aromatic carbocycles. The first-order valence-corrected chi connectivity index (χ1v) is 6.09. The summed E-state index contributed by atoms with van der Waals surface area (Å²) in [4.78, 5) is 7.88. The Kier molecular flexibility index (Phi) is 4.11. The highest BCUT2D eigenvalue weighted by atomic mass is 15.2. The first-order chi connectivity index (χ1) is 8.79. The van der Waals surface area contributed by atoms with Crippen LogP contribution in [0.2, 0.25) is 0 Å². The third-order valence-electron chi connectivity index (χ3n) is 3.04. The normalized spacial score (nSPS) is 18.3. The van der Waals surface area contributed by atoms with Gasteiger partial charge in [-0.3, -0.25) is 5.10 Å². The molecule has 1 aliphatic carbocycles. The summed E-state index contributed by atoms with van der Waals surface area (Å²) >= 11 is 0. The Bertz CT molecular complexity index is 465. The van der Waals surface area contributed by atoms with Crippen LogP contribution in [-0.2, 0) is 0 Å². The van der Waals surface area contributed by atoms with Crippen LogP contribution in [-0.4, -0.2) is 22.4 Å². The molecule has 0 bridgehead atoms. The lowest BCUT2D eigenvalue weighted by molar-refractivity contribution is 0.693. The molecule has 5 N–H and O–H groups in total. The highest BCUT2D eigenvalue weighted by Crippen LogP contribution is 2.33. The Balaban J connectivity index is 2.03. The lowest BCUT2D eigenvalue weighted by Gasteiger charge is -2.02. The molecule has 0 spiro atoms. The van der Waals surface area contributed by atoms with Crippen molar-refractivity contribution in [1.82, 2.24) is 10.2 Å². The minimum Gasteiger partial charge on any atom is -0.390 e. The maximum atomic E-state index is 5.70. The van der Waals surface area contributed by atoms with Gasteiger partial charge in [0.2, 0.25) is 0 Å². The zero-order valence-corrected chi connectivity index (χ0v) is 10.2. The van der Waals surface area contributed by atoms with Gasteiger partial charge in [0.1, 0.15) is 5.84 Å². The topological polar surface area (TPSA) is 105 Å². The molecule has 0 unspecified atom stereocenters. The van der Waals surface area contributed by atoms with Gasteiger partial charge in [-0.25, -0.2) is 9.98 Å². The Hall–Kier alpha value is -2.11. The standard InChI is InChI=1S/C12H18N6/c13-8-15-6-5-11(14)16-12-7-10(17-18-12)9-3-1-2-4-9/h5-9H,1-4H2,(H2,13,15)(H3,14,16,17,18)/b6-5-. The van der Waals surface area contributed by atoms with Crippen LogP contribution in [0.15, 0.2) is 28.3 Å². The third kappa shape index (κ3) is 3.19. The van der Waals surface area contributed by atoms with Crippen LogP contribution in [0.4, 0.5) is 5.82 Å². The molecule has 0 atom stereocenters. The Morgan fingerprint density at radius 1 is 1.44 bits per heavy atom. The number of nitrogens with one attached hydrogen (secondary N) is 1. The number of aromatic amines is 1. The first kappa shape index (κ1) is 12.3. The van der Waals surface area contributed by atoms with Gasteiger partial charge in [-0.2, -0.15) is 5.10 Å². The Morgan fingerprint density at radius 2 is 2.22 bits per heavy atom. The molecule has 0 amide bonds. The SMILES string of the molecule is NC=N/C=C\C(N)=Nc1cc(C2CCCC2)[nH]n1. The van der Waals surface area contributed by atoms with Gasteiger partial charge in [0, 0.05) is 23.9 Å². The number of hydrogen-bond donors (Lipinski definition) is 3. The molecule has 1 fully saturated rings. The summed E-state index contributed by atoms with van der Waals surface area (Å²) in [6.07, 6.45) is 9.31. The molecule has 0 aliphatic heterocycles. The van der Waals surface area contributed by atoms with Crippen LogP contribution in [0, 0.1) is 0 Å². The van der Waals surface area contributed by atoms with Crippen LogP contribution in [0.5, 0.6) is 0 Å². The van der Waals surface area contributed by atoms with Gasteiger partial charge >= 0.3 is 0 Å². The van der Waals surface area contributed by atoms with E-state index in [1.54, 1.807) is 6.08 Å². The molecule has 96 valence electrons. The summed E-state index contributed by atoms with van der Waals surface area (Å²) in [7, 11) is 0. The van der Waals surface area contributed by atoms with Gasteiger partial charge < -0.3 is 11.5 Å². The average molecular weight is 246 g/mol. The van der Waals surface area contributed by atoms with Gasteiger partial charge in [-0.15, -0.1) is 0 Å². The second-order valence-electron chi connectivity index (χ2n) is 4.31. The van der Waals surface area contributed by atoms with Gasteiger partial charge in [0.15, 0.2) is 5.82 Å². The number of H-pyrrole nitrogens is 1. The predicted octanol–water partition coefficient (Wildman–Crippen LogP) is 1.56. The number of aliphatic imine (C=N–C) groups is 2. The molecule has 2 rings (SSSR count). The van der Waals surface area contributed by atoms with Crippen molar-refractivity contribution in [3.05, 3.63) is 24.0 Å². The first-order valence-electron chi connectivity index (χ1n) is 6.09. The van der Waals surface area contributed by atoms with E-state index in [1.807, 2.05) is 6.07 Å². The molecule has 18 heavy (non-hydrogen) atoms. The summed E-state index contributed by atoms with van der Waals surface area (Å²) < 4.78 is 0. The summed E-state index contributed by atoms with van der Waals surface area (Å²) in [5.41, 5.74) is 12.0. The summed E-state index contributed by atoms with van der Waals surface area (Å²) in [5.74, 6) is 1.56. The Morgan fingerprint density at radius 3 is 2.94 bits per heavy atom. The fourth-order valence-electron chi connectivity index (χ4n) is 2.17. The molecular weight excluding hydrogens is 228 g/mol. The van der Waals surface area contributed by atoms with E-state index in [4.69, 9.17) is 11.5 Å². The van der Waals surface area contributed by atoms with Crippen LogP contribution < -0.4 is 11.5 Å². The van der Waals surface area contributed by atoms with E-state index in [-0.39, 0.29) is 0 Å². The highest BCUT2D eigenvalue weighted by molar-refractivity contribution is 5.93. The molecule has 1 aliphatic rings. The van der Waals surface area contributed by atoms with Crippen molar-refractivity contribution in [1.29, 1.82) is 0 Å². The van der Waals surface area contributed by atoms with Crippen molar-refractivity contribution in [3.8, 4) is 0 Å². The quantitative estimate of drug-likeness (QED) is 0.554. The van der Waals surface area contributed by atoms with E-state index in [0.717, 1.165) is 5.69 Å². The van der Waals surface area contributed by atoms with Gasteiger partial charge in [-0.1, -0.05) is 12.8 Å². The van der Waals surface area contributed by atoms with E-state index < -0.39 is 0 Å². The van der Waals surface area contributed by atoms with Gasteiger partial charge in [-0.05, 0) is 18.9 Å². The van der Waals surface area contributed by atoms with E-state index >= 15 is 0 Å². The number of aromatic nitrogens is 2. The molecular formula is C12H18N6. The van der Waals surface area contributed by atoms with Crippen LogP contribution in [0.3, 0.4) is 0 Å². The van der Waals surface area contributed by atoms with E-state index in [2.05, 4.69) is 20.2 Å². The fourth-order valence-corrected chi connectivity index (χ4v) is 2.17. The number of nitrogens with zero attached hydrogens (tertiary/aromatic N) is 3. The molecule has 1 heterocycles. The van der Waals surface area contributed by atoms with E-state index in [9.17, 15) is 0 Å². The molecule has 1 saturated carbocycles. The zero-order chi connectivity index (χ0) is 12.8. The largest absolute Gasteiger partial charge is 0.390 e. The average Bonchev–Trinajstić information content (AvgIpc) is 2.98. The molecule has 1 aromatic rings. The lowest BCUT2D eigenvalue weighted by atomic mass is 10.0. The van der Waals surface area contributed by atoms with Crippen molar-refractivity contribution < 1.29 is 0 Å². The van der Waals surface area contributed by atoms with Crippen LogP contribution >= 0.6 is 0 Å². The zero-order valence-electron chi connectivity index (χ0n) is 10.2. The van der Waals surface area contributed by atoms with Gasteiger partial charge in [0.05, 0.1) is 6.34 Å². The second-order valence-corrected chi connectivity index (χ2v) is 4.31. The predicted molar refractivity (Wildman–Crippen MR) is 72.9 cm³/mol. The molecule has 6 nitrogen and oxygen atoms in total. The number of amidine groups is 1. The van der Waals surface area contributed by atoms with Crippen LogP contribution in [0.1, 0.15) is 37.3 Å². The molecule has 6 heteroatoms. The molecule has 1 aromatic heterocycles. The van der Waals surface area contributed by atoms with Crippen molar-refractivity contribution in [3.63, 3.8) is 0 Å². The minimum atomic E-state index is 0.352. The lowest BCUT2D eigenvalue weighted by Crippen LogP contribution is -2.06. The maximum absolute atomic E-state index is 5.70. The Labute approximate surface area is 106 Å². The molecule has 0 saturated heterocycles. The number of hydrogen-bond acceptors (Lipinski definition) is 3. The van der Waals surface area contributed by atoms with E-state index in [1.165, 1.54) is 38.2 Å². The van der Waals surface area contributed by atoms with Crippen LogP contribution in [0.25, 0.3) is 0 Å². The number of rotatable bonds is 4. The minimum absolute atomic E-state index is 0.352. The van der Waals surface area contributed by atoms with Gasteiger partial charge in [0.25, 0.3) is 0 Å². The van der Waals surface area contributed by atoms with Crippen molar-refractivity contribution >= 4 is 18.0 Å². The highest BCUT2D eigenvalue weighted by Gasteiger charge is 2.18. The smallest absolute Gasteiger partial charge is 0.175 e. The number of nitrogens with two attached hydrogens (primary N) is 2. The maximum Gasteiger partial charge on any atom is 0.175 e. The van der Waals surface area contributed by atoms with Crippen molar-refractivity contribution in [2.75, 3.05) is 0 Å².